The molecule has 4 rings (SSSR count). The maximum atomic E-state index is 12.6. The summed E-state index contributed by atoms with van der Waals surface area (Å²) >= 11 is 0. The number of hydrogen-bond acceptors (Lipinski definition) is 5. The molecule has 3 saturated heterocycles. The fraction of sp³-hybridized carbons (Fsp3) is 0.556. The number of carbonyl (C=O) groups excluding carboxylic acids is 1. The Hall–Kier alpha value is -1.97. The first kappa shape index (κ1) is 18.4. The number of fused-ring (bicyclic) bond motifs is 2. The van der Waals surface area contributed by atoms with Gasteiger partial charge < -0.3 is 15.2 Å². The normalized spacial score (nSPS) is 30.5. The molecule has 8 nitrogen and oxygen atoms in total. The van der Waals surface area contributed by atoms with Crippen LogP contribution in [0, 0.1) is 11.8 Å². The maximum Gasteiger partial charge on any atom is 0.310 e. The van der Waals surface area contributed by atoms with Gasteiger partial charge in [-0.05, 0) is 49.9 Å². The van der Waals surface area contributed by atoms with Crippen LogP contribution in [0.15, 0.2) is 29.2 Å². The molecule has 1 amide bonds. The first-order valence-corrected chi connectivity index (χ1v) is 10.6. The van der Waals surface area contributed by atoms with Crippen LogP contribution in [0.5, 0.6) is 0 Å². The summed E-state index contributed by atoms with van der Waals surface area (Å²) in [6.07, 6.45) is 2.30. The average molecular weight is 394 g/mol. The highest BCUT2D eigenvalue weighted by Gasteiger charge is 2.55. The Kier molecular flexibility index (Phi) is 4.69. The monoisotopic (exact) mass is 394 g/mol. The van der Waals surface area contributed by atoms with E-state index in [2.05, 4.69) is 5.32 Å². The van der Waals surface area contributed by atoms with E-state index in [0.29, 0.717) is 31.6 Å². The minimum absolute atomic E-state index is 0.189. The molecule has 2 N–H and O–H groups in total. The molecule has 3 heterocycles. The van der Waals surface area contributed by atoms with Crippen molar-refractivity contribution in [1.29, 1.82) is 0 Å². The van der Waals surface area contributed by atoms with Crippen molar-refractivity contribution in [2.45, 2.75) is 42.8 Å². The Bertz CT molecular complexity index is 847. The number of hydrogen-bond donors (Lipinski definition) is 2. The van der Waals surface area contributed by atoms with Gasteiger partial charge in [0.1, 0.15) is 0 Å². The maximum absolute atomic E-state index is 12.6. The molecule has 9 heteroatoms. The Labute approximate surface area is 157 Å². The van der Waals surface area contributed by atoms with Crippen LogP contribution in [-0.4, -0.2) is 55.0 Å². The van der Waals surface area contributed by atoms with Gasteiger partial charge in [0.2, 0.25) is 15.9 Å². The lowest BCUT2D eigenvalue weighted by Gasteiger charge is -2.24. The van der Waals surface area contributed by atoms with Crippen LogP contribution in [0.1, 0.15) is 25.7 Å². The summed E-state index contributed by atoms with van der Waals surface area (Å²) in [6, 6.07) is 6.00. The molecule has 146 valence electrons. The number of ether oxygens (including phenoxy) is 1. The lowest BCUT2D eigenvalue weighted by Crippen LogP contribution is -2.40. The first-order valence-electron chi connectivity index (χ1n) is 9.17. The molecule has 0 radical (unpaired) electrons. The van der Waals surface area contributed by atoms with Crippen LogP contribution in [0.4, 0.5) is 5.69 Å². The molecule has 0 aromatic heterocycles. The fourth-order valence-electron chi connectivity index (χ4n) is 4.34. The highest BCUT2D eigenvalue weighted by molar-refractivity contribution is 7.89. The SMILES string of the molecule is O=C(O)[C@@H]1[C@H](C(=O)Nc2ccc(S(=O)(=O)N3CCCC3)cc2)[C@H]2CC[C@@H]1O2. The quantitative estimate of drug-likeness (QED) is 0.778. The van der Waals surface area contributed by atoms with Crippen LogP contribution in [0.2, 0.25) is 0 Å². The number of amides is 1. The third-order valence-electron chi connectivity index (χ3n) is 5.69. The Morgan fingerprint density at radius 2 is 1.63 bits per heavy atom. The Morgan fingerprint density at radius 1 is 1.04 bits per heavy atom. The van der Waals surface area contributed by atoms with Gasteiger partial charge in [-0.15, -0.1) is 0 Å². The second-order valence-corrected chi connectivity index (χ2v) is 9.24. The van der Waals surface area contributed by atoms with Crippen molar-refractivity contribution in [2.75, 3.05) is 18.4 Å². The smallest absolute Gasteiger partial charge is 0.310 e. The van der Waals surface area contributed by atoms with E-state index in [4.69, 9.17) is 4.74 Å². The summed E-state index contributed by atoms with van der Waals surface area (Å²) in [5.41, 5.74) is 0.437. The van der Waals surface area contributed by atoms with Gasteiger partial charge in [0.15, 0.2) is 0 Å². The zero-order valence-corrected chi connectivity index (χ0v) is 15.5. The van der Waals surface area contributed by atoms with E-state index >= 15 is 0 Å². The molecule has 0 aliphatic carbocycles. The number of carboxylic acids is 1. The highest BCUT2D eigenvalue weighted by Crippen LogP contribution is 2.44. The van der Waals surface area contributed by atoms with Crippen molar-refractivity contribution in [1.82, 2.24) is 4.31 Å². The second kappa shape index (κ2) is 6.88. The lowest BCUT2D eigenvalue weighted by molar-refractivity contribution is -0.147. The predicted molar refractivity (Wildman–Crippen MR) is 95.6 cm³/mol. The molecular formula is C18H22N2O6S. The number of carbonyl (C=O) groups is 2. The van der Waals surface area contributed by atoms with Gasteiger partial charge in [0.05, 0.1) is 28.9 Å². The molecule has 4 atom stereocenters. The van der Waals surface area contributed by atoms with Crippen LogP contribution >= 0.6 is 0 Å². The standard InChI is InChI=1S/C18H22N2O6S/c21-17(15-13-7-8-14(26-13)16(15)18(22)23)19-11-3-5-12(6-4-11)27(24,25)20-9-1-2-10-20/h3-6,13-16H,1-2,7-10H2,(H,19,21)(H,22,23)/t13-,14+,15-,16+/m1/s1. The molecular weight excluding hydrogens is 372 g/mol. The second-order valence-electron chi connectivity index (χ2n) is 7.30. The van der Waals surface area contributed by atoms with Crippen LogP contribution in [-0.2, 0) is 24.3 Å². The zero-order valence-electron chi connectivity index (χ0n) is 14.7. The van der Waals surface area contributed by atoms with Gasteiger partial charge in [-0.2, -0.15) is 4.31 Å². The van der Waals surface area contributed by atoms with Crippen LogP contribution in [0.3, 0.4) is 0 Å². The van der Waals surface area contributed by atoms with Crippen LogP contribution in [0.25, 0.3) is 0 Å². The summed E-state index contributed by atoms with van der Waals surface area (Å²) < 4.78 is 32.2. The number of benzene rings is 1. The average Bonchev–Trinajstić information content (AvgIpc) is 3.38. The molecule has 3 aliphatic rings. The molecule has 3 aliphatic heterocycles. The lowest BCUT2D eigenvalue weighted by atomic mass is 9.78. The minimum Gasteiger partial charge on any atom is -0.481 e. The van der Waals surface area contributed by atoms with Crippen molar-refractivity contribution in [3.05, 3.63) is 24.3 Å². The van der Waals surface area contributed by atoms with Crippen molar-refractivity contribution in [3.63, 3.8) is 0 Å². The number of nitrogens with one attached hydrogen (secondary N) is 1. The summed E-state index contributed by atoms with van der Waals surface area (Å²) in [7, 11) is -3.50. The minimum atomic E-state index is -3.50. The van der Waals surface area contributed by atoms with Crippen molar-refractivity contribution >= 4 is 27.6 Å². The fourth-order valence-corrected chi connectivity index (χ4v) is 5.86. The van der Waals surface area contributed by atoms with Crippen molar-refractivity contribution in [2.24, 2.45) is 11.8 Å². The number of rotatable bonds is 5. The number of sulfonamides is 1. The number of carboxylic acid groups (broad SMARTS) is 1. The molecule has 1 aromatic rings. The van der Waals surface area contributed by atoms with Gasteiger partial charge in [-0.25, -0.2) is 8.42 Å². The molecule has 2 bridgehead atoms. The molecule has 1 aromatic carbocycles. The molecule has 3 fully saturated rings. The Balaban J connectivity index is 1.47. The molecule has 0 spiro atoms. The van der Waals surface area contributed by atoms with Gasteiger partial charge in [-0.1, -0.05) is 0 Å². The molecule has 0 unspecified atom stereocenters. The predicted octanol–water partition coefficient (Wildman–Crippen LogP) is 1.29. The molecule has 0 saturated carbocycles. The third kappa shape index (κ3) is 3.24. The number of nitrogens with zero attached hydrogens (tertiary/aromatic N) is 1. The van der Waals surface area contributed by atoms with Gasteiger partial charge in [0, 0.05) is 18.8 Å². The zero-order chi connectivity index (χ0) is 19.2. The Morgan fingerprint density at radius 3 is 2.22 bits per heavy atom. The first-order chi connectivity index (χ1) is 12.9. The van der Waals surface area contributed by atoms with E-state index in [9.17, 15) is 23.1 Å². The van der Waals surface area contributed by atoms with Crippen LogP contribution < -0.4 is 5.32 Å². The van der Waals surface area contributed by atoms with Gasteiger partial charge in [0.25, 0.3) is 0 Å². The third-order valence-corrected chi connectivity index (χ3v) is 7.60. The summed E-state index contributed by atoms with van der Waals surface area (Å²) in [4.78, 5) is 24.3. The van der Waals surface area contributed by atoms with Crippen molar-refractivity contribution in [3.8, 4) is 0 Å². The van der Waals surface area contributed by atoms with E-state index in [0.717, 1.165) is 12.8 Å². The molecule has 27 heavy (non-hydrogen) atoms. The number of anilines is 1. The van der Waals surface area contributed by atoms with Crippen molar-refractivity contribution < 1.29 is 27.9 Å². The van der Waals surface area contributed by atoms with E-state index in [1.54, 1.807) is 0 Å². The summed E-state index contributed by atoms with van der Waals surface area (Å²) in [5, 5.41) is 12.1. The van der Waals surface area contributed by atoms with E-state index in [1.807, 2.05) is 0 Å². The largest absolute Gasteiger partial charge is 0.481 e. The van der Waals surface area contributed by atoms with E-state index in [-0.39, 0.29) is 11.0 Å². The van der Waals surface area contributed by atoms with Gasteiger partial charge in [-0.3, -0.25) is 9.59 Å². The highest BCUT2D eigenvalue weighted by atomic mass is 32.2. The summed E-state index contributed by atoms with van der Waals surface area (Å²) in [6.45, 7) is 1.06. The summed E-state index contributed by atoms with van der Waals surface area (Å²) in [5.74, 6) is -2.98. The van der Waals surface area contributed by atoms with E-state index < -0.39 is 39.8 Å². The van der Waals surface area contributed by atoms with E-state index in [1.165, 1.54) is 28.6 Å². The van der Waals surface area contributed by atoms with Gasteiger partial charge >= 0.3 is 5.97 Å². The number of aliphatic carboxylic acids is 1. The topological polar surface area (TPSA) is 113 Å².